The molecule has 0 radical (unpaired) electrons. The molecule has 1 aliphatic rings. The summed E-state index contributed by atoms with van der Waals surface area (Å²) in [4.78, 5) is 6.60. The van der Waals surface area contributed by atoms with Crippen LogP contribution >= 0.6 is 12.2 Å². The number of hydrogen-bond acceptors (Lipinski definition) is 4. The van der Waals surface area contributed by atoms with E-state index in [1.54, 1.807) is 6.20 Å². The van der Waals surface area contributed by atoms with Crippen molar-refractivity contribution in [3.05, 3.63) is 24.0 Å². The van der Waals surface area contributed by atoms with Gasteiger partial charge in [-0.05, 0) is 25.0 Å². The molecule has 1 aromatic heterocycles. The van der Waals surface area contributed by atoms with E-state index < -0.39 is 0 Å². The highest BCUT2D eigenvalue weighted by Crippen LogP contribution is 2.25. The first-order chi connectivity index (χ1) is 7.72. The highest BCUT2D eigenvalue weighted by Gasteiger charge is 2.24. The summed E-state index contributed by atoms with van der Waals surface area (Å²) in [5, 5.41) is 9.27. The van der Waals surface area contributed by atoms with E-state index in [1.165, 1.54) is 0 Å². The van der Waals surface area contributed by atoms with E-state index in [-0.39, 0.29) is 12.6 Å². The zero-order valence-corrected chi connectivity index (χ0v) is 9.78. The Kier molecular flexibility index (Phi) is 3.36. The number of nitrogens with zero attached hydrogens (tertiary/aromatic N) is 2. The number of anilines is 1. The number of hydrogen-bond donors (Lipinski definition) is 2. The van der Waals surface area contributed by atoms with Crippen molar-refractivity contribution in [2.45, 2.75) is 18.9 Å². The second-order valence-corrected chi connectivity index (χ2v) is 4.38. The van der Waals surface area contributed by atoms with Gasteiger partial charge < -0.3 is 15.7 Å². The van der Waals surface area contributed by atoms with E-state index in [0.717, 1.165) is 25.1 Å². The summed E-state index contributed by atoms with van der Waals surface area (Å²) in [5.74, 6) is 0. The van der Waals surface area contributed by atoms with E-state index in [2.05, 4.69) is 9.88 Å². The minimum Gasteiger partial charge on any atom is -0.394 e. The molecule has 2 heterocycles. The molecular formula is C11H15N3OS. The largest absolute Gasteiger partial charge is 0.394 e. The molecular weight excluding hydrogens is 222 g/mol. The number of thiocarbonyl (C=S) groups is 1. The fraction of sp³-hybridized carbons (Fsp3) is 0.455. The molecule has 16 heavy (non-hydrogen) atoms. The van der Waals surface area contributed by atoms with Crippen LogP contribution in [0, 0.1) is 0 Å². The fourth-order valence-corrected chi connectivity index (χ4v) is 2.21. The Morgan fingerprint density at radius 2 is 2.50 bits per heavy atom. The molecule has 2 rings (SSSR count). The molecule has 3 N–H and O–H groups in total. The molecule has 0 spiro atoms. The maximum Gasteiger partial charge on any atom is 0.122 e. The van der Waals surface area contributed by atoms with Gasteiger partial charge in [0, 0.05) is 18.4 Å². The van der Waals surface area contributed by atoms with Crippen molar-refractivity contribution < 1.29 is 5.11 Å². The predicted octanol–water partition coefficient (Wildman–Crippen LogP) is 0.677. The number of aliphatic hydroxyl groups is 1. The summed E-state index contributed by atoms with van der Waals surface area (Å²) in [5.41, 5.74) is 7.22. The quantitative estimate of drug-likeness (QED) is 0.757. The van der Waals surface area contributed by atoms with Crippen LogP contribution in [0.25, 0.3) is 0 Å². The first-order valence-corrected chi connectivity index (χ1v) is 5.76. The SMILES string of the molecule is NC(=S)c1cc(N2CCCC2CO)ccn1. The second-order valence-electron chi connectivity index (χ2n) is 3.94. The molecule has 0 aliphatic carbocycles. The van der Waals surface area contributed by atoms with E-state index >= 15 is 0 Å². The molecule has 1 aromatic rings. The number of pyridine rings is 1. The van der Waals surface area contributed by atoms with E-state index in [9.17, 15) is 5.11 Å². The molecule has 0 aromatic carbocycles. The van der Waals surface area contributed by atoms with Gasteiger partial charge in [0.05, 0.1) is 18.3 Å². The highest BCUT2D eigenvalue weighted by atomic mass is 32.1. The second kappa shape index (κ2) is 4.76. The van der Waals surface area contributed by atoms with E-state index in [4.69, 9.17) is 18.0 Å². The summed E-state index contributed by atoms with van der Waals surface area (Å²) >= 11 is 4.90. The summed E-state index contributed by atoms with van der Waals surface area (Å²) in [6, 6.07) is 4.02. The van der Waals surface area contributed by atoms with Gasteiger partial charge in [-0.15, -0.1) is 0 Å². The Bertz CT molecular complexity index is 397. The van der Waals surface area contributed by atoms with Crippen molar-refractivity contribution in [1.82, 2.24) is 4.98 Å². The van der Waals surface area contributed by atoms with Crippen LogP contribution in [0.4, 0.5) is 5.69 Å². The Labute approximate surface area is 100 Å². The first kappa shape index (κ1) is 11.3. The molecule has 86 valence electrons. The summed E-state index contributed by atoms with van der Waals surface area (Å²) < 4.78 is 0. The number of aliphatic hydroxyl groups excluding tert-OH is 1. The van der Waals surface area contributed by atoms with Gasteiger partial charge in [0.15, 0.2) is 0 Å². The first-order valence-electron chi connectivity index (χ1n) is 5.35. The zero-order chi connectivity index (χ0) is 11.5. The lowest BCUT2D eigenvalue weighted by Gasteiger charge is -2.25. The van der Waals surface area contributed by atoms with Gasteiger partial charge in [-0.3, -0.25) is 4.98 Å². The zero-order valence-electron chi connectivity index (χ0n) is 8.97. The predicted molar refractivity (Wildman–Crippen MR) is 67.6 cm³/mol. The summed E-state index contributed by atoms with van der Waals surface area (Å²) in [6.45, 7) is 1.15. The maximum absolute atomic E-state index is 9.27. The number of rotatable bonds is 3. The lowest BCUT2D eigenvalue weighted by Crippen LogP contribution is -2.32. The molecule has 0 saturated carbocycles. The van der Waals surface area contributed by atoms with Crippen molar-refractivity contribution in [3.8, 4) is 0 Å². The molecule has 1 saturated heterocycles. The minimum atomic E-state index is 0.185. The van der Waals surface area contributed by atoms with Crippen molar-refractivity contribution >= 4 is 22.9 Å². The number of aromatic nitrogens is 1. The van der Waals surface area contributed by atoms with Gasteiger partial charge in [0.1, 0.15) is 4.99 Å². The third-order valence-corrected chi connectivity index (χ3v) is 3.12. The smallest absolute Gasteiger partial charge is 0.122 e. The van der Waals surface area contributed by atoms with Crippen molar-refractivity contribution in [3.63, 3.8) is 0 Å². The van der Waals surface area contributed by atoms with Crippen LogP contribution in [0.2, 0.25) is 0 Å². The van der Waals surface area contributed by atoms with Crippen LogP contribution in [0.5, 0.6) is 0 Å². The normalized spacial score (nSPS) is 20.1. The van der Waals surface area contributed by atoms with Gasteiger partial charge in [-0.25, -0.2) is 0 Å². The Morgan fingerprint density at radius 3 is 3.19 bits per heavy atom. The topological polar surface area (TPSA) is 62.4 Å². The lowest BCUT2D eigenvalue weighted by atomic mass is 10.2. The van der Waals surface area contributed by atoms with Crippen LogP contribution in [0.3, 0.4) is 0 Å². The van der Waals surface area contributed by atoms with Crippen LogP contribution in [0.1, 0.15) is 18.5 Å². The summed E-state index contributed by atoms with van der Waals surface area (Å²) in [7, 11) is 0. The fourth-order valence-electron chi connectivity index (χ4n) is 2.10. The van der Waals surface area contributed by atoms with Crippen molar-refractivity contribution in [2.24, 2.45) is 5.73 Å². The van der Waals surface area contributed by atoms with Gasteiger partial charge >= 0.3 is 0 Å². The van der Waals surface area contributed by atoms with Gasteiger partial charge in [0.25, 0.3) is 0 Å². The van der Waals surface area contributed by atoms with Gasteiger partial charge in [-0.2, -0.15) is 0 Å². The Morgan fingerprint density at radius 1 is 1.69 bits per heavy atom. The monoisotopic (exact) mass is 237 g/mol. The van der Waals surface area contributed by atoms with Gasteiger partial charge in [0.2, 0.25) is 0 Å². The average Bonchev–Trinajstić information content (AvgIpc) is 2.77. The molecule has 0 amide bonds. The molecule has 1 unspecified atom stereocenters. The molecule has 1 fully saturated rings. The minimum absolute atomic E-state index is 0.185. The average molecular weight is 237 g/mol. The van der Waals surface area contributed by atoms with E-state index in [1.807, 2.05) is 12.1 Å². The molecule has 1 atom stereocenters. The Hall–Kier alpha value is -1.20. The van der Waals surface area contributed by atoms with Gasteiger partial charge in [-0.1, -0.05) is 12.2 Å². The number of nitrogens with two attached hydrogens (primary N) is 1. The van der Waals surface area contributed by atoms with Crippen molar-refractivity contribution in [1.29, 1.82) is 0 Å². The standard InChI is InChI=1S/C11H15N3OS/c12-11(16)10-6-8(3-4-13-10)14-5-1-2-9(14)7-15/h3-4,6,9,15H,1-2,5,7H2,(H2,12,16). The summed E-state index contributed by atoms with van der Waals surface area (Å²) in [6.07, 6.45) is 3.84. The van der Waals surface area contributed by atoms with Crippen molar-refractivity contribution in [2.75, 3.05) is 18.1 Å². The third kappa shape index (κ3) is 2.15. The molecule has 5 heteroatoms. The van der Waals surface area contributed by atoms with Crippen LogP contribution in [-0.2, 0) is 0 Å². The lowest BCUT2D eigenvalue weighted by molar-refractivity contribution is 0.266. The van der Waals surface area contributed by atoms with E-state index in [0.29, 0.717) is 10.7 Å². The van der Waals surface area contributed by atoms with Crippen LogP contribution in [0.15, 0.2) is 18.3 Å². The Balaban J connectivity index is 2.26. The maximum atomic E-state index is 9.27. The molecule has 0 bridgehead atoms. The molecule has 4 nitrogen and oxygen atoms in total. The van der Waals surface area contributed by atoms with Crippen LogP contribution < -0.4 is 10.6 Å². The highest BCUT2D eigenvalue weighted by molar-refractivity contribution is 7.80. The third-order valence-electron chi connectivity index (χ3n) is 2.92. The molecule has 1 aliphatic heterocycles. The van der Waals surface area contributed by atoms with Crippen LogP contribution in [-0.4, -0.2) is 34.3 Å².